The SMILES string of the molecule is CCS(=O)(=O)c1c(N)nsc1NN(C)C. The van der Waals surface area contributed by atoms with Gasteiger partial charge in [-0.25, -0.2) is 13.4 Å². The van der Waals surface area contributed by atoms with Gasteiger partial charge in [0.05, 0.1) is 5.75 Å². The third-order valence-corrected chi connectivity index (χ3v) is 4.38. The highest BCUT2D eigenvalue weighted by Crippen LogP contribution is 2.32. The van der Waals surface area contributed by atoms with E-state index in [1.165, 1.54) is 0 Å². The summed E-state index contributed by atoms with van der Waals surface area (Å²) in [7, 11) is 0.196. The summed E-state index contributed by atoms with van der Waals surface area (Å²) < 4.78 is 27.3. The first-order valence-corrected chi connectivity index (χ1v) is 6.73. The summed E-state index contributed by atoms with van der Waals surface area (Å²) in [5.41, 5.74) is 8.41. The molecule has 3 N–H and O–H groups in total. The molecule has 0 aromatic carbocycles. The average molecular weight is 250 g/mol. The van der Waals surface area contributed by atoms with Crippen molar-refractivity contribution in [3.8, 4) is 0 Å². The van der Waals surface area contributed by atoms with E-state index in [0.29, 0.717) is 5.00 Å². The number of hydrazine groups is 1. The Morgan fingerprint density at radius 3 is 2.60 bits per heavy atom. The highest BCUT2D eigenvalue weighted by molar-refractivity contribution is 7.91. The Morgan fingerprint density at radius 2 is 2.13 bits per heavy atom. The van der Waals surface area contributed by atoms with Crippen LogP contribution in [-0.2, 0) is 9.84 Å². The Labute approximate surface area is 93.1 Å². The quantitative estimate of drug-likeness (QED) is 0.752. The molecule has 0 bridgehead atoms. The van der Waals surface area contributed by atoms with E-state index in [1.807, 2.05) is 0 Å². The van der Waals surface area contributed by atoms with Crippen molar-refractivity contribution >= 4 is 32.2 Å². The fourth-order valence-electron chi connectivity index (χ4n) is 1.01. The molecular formula is C7H14N4O2S2. The number of nitrogens with zero attached hydrogens (tertiary/aromatic N) is 2. The molecule has 0 aliphatic carbocycles. The van der Waals surface area contributed by atoms with Gasteiger partial charge < -0.3 is 11.2 Å². The van der Waals surface area contributed by atoms with Crippen molar-refractivity contribution < 1.29 is 8.42 Å². The van der Waals surface area contributed by atoms with Crippen molar-refractivity contribution in [1.82, 2.24) is 9.38 Å². The number of nitrogen functional groups attached to an aromatic ring is 1. The van der Waals surface area contributed by atoms with Crippen molar-refractivity contribution in [3.63, 3.8) is 0 Å². The van der Waals surface area contributed by atoms with E-state index in [9.17, 15) is 8.42 Å². The zero-order valence-corrected chi connectivity index (χ0v) is 10.4. The zero-order valence-electron chi connectivity index (χ0n) is 8.81. The summed E-state index contributed by atoms with van der Waals surface area (Å²) in [6, 6.07) is 0. The first-order chi connectivity index (χ1) is 6.88. The minimum Gasteiger partial charge on any atom is -0.382 e. The van der Waals surface area contributed by atoms with Gasteiger partial charge in [0.25, 0.3) is 0 Å². The van der Waals surface area contributed by atoms with Crippen LogP contribution in [0, 0.1) is 0 Å². The minimum atomic E-state index is -3.33. The van der Waals surface area contributed by atoms with E-state index in [1.54, 1.807) is 26.0 Å². The zero-order chi connectivity index (χ0) is 11.6. The molecule has 1 rings (SSSR count). The molecule has 0 amide bonds. The lowest BCUT2D eigenvalue weighted by Gasteiger charge is -2.12. The van der Waals surface area contributed by atoms with Gasteiger partial charge >= 0.3 is 0 Å². The van der Waals surface area contributed by atoms with Gasteiger partial charge in [0.2, 0.25) is 0 Å². The summed E-state index contributed by atoms with van der Waals surface area (Å²) >= 11 is 1.04. The Hall–Kier alpha value is -0.860. The van der Waals surface area contributed by atoms with Crippen LogP contribution in [0.15, 0.2) is 4.90 Å². The molecule has 6 nitrogen and oxygen atoms in total. The van der Waals surface area contributed by atoms with Gasteiger partial charge in [-0.1, -0.05) is 6.92 Å². The number of anilines is 2. The maximum atomic E-state index is 11.7. The molecule has 0 radical (unpaired) electrons. The van der Waals surface area contributed by atoms with Crippen LogP contribution >= 0.6 is 11.5 Å². The minimum absolute atomic E-state index is 0.0116. The van der Waals surface area contributed by atoms with Crippen molar-refractivity contribution in [2.45, 2.75) is 11.8 Å². The van der Waals surface area contributed by atoms with Gasteiger partial charge in [-0.2, -0.15) is 4.37 Å². The smallest absolute Gasteiger partial charge is 0.184 e. The van der Waals surface area contributed by atoms with Crippen molar-refractivity contribution in [3.05, 3.63) is 0 Å². The molecule has 86 valence electrons. The van der Waals surface area contributed by atoms with E-state index in [-0.39, 0.29) is 16.5 Å². The Bertz CT molecular complexity index is 438. The number of hydrogen-bond donors (Lipinski definition) is 2. The maximum absolute atomic E-state index is 11.7. The molecule has 0 fully saturated rings. The van der Waals surface area contributed by atoms with Crippen LogP contribution in [0.5, 0.6) is 0 Å². The van der Waals surface area contributed by atoms with Crippen LogP contribution in [0.25, 0.3) is 0 Å². The van der Waals surface area contributed by atoms with Crippen molar-refractivity contribution in [1.29, 1.82) is 0 Å². The molecule has 1 aromatic heterocycles. The Kier molecular flexibility index (Phi) is 3.53. The number of nitrogens with two attached hydrogens (primary N) is 1. The van der Waals surface area contributed by atoms with Gasteiger partial charge in [0.1, 0.15) is 9.90 Å². The Balaban J connectivity index is 3.22. The molecule has 0 unspecified atom stereocenters. The second-order valence-corrected chi connectivity index (χ2v) is 6.12. The molecule has 0 saturated carbocycles. The lowest BCUT2D eigenvalue weighted by Crippen LogP contribution is -2.20. The predicted octanol–water partition coefficient (Wildman–Crippen LogP) is 0.407. The normalized spacial score (nSPS) is 12.0. The molecule has 0 aliphatic heterocycles. The van der Waals surface area contributed by atoms with Gasteiger partial charge in [-0.15, -0.1) is 0 Å². The van der Waals surface area contributed by atoms with Crippen LogP contribution in [0.4, 0.5) is 10.8 Å². The van der Waals surface area contributed by atoms with Gasteiger partial charge in [-0.3, -0.25) is 0 Å². The van der Waals surface area contributed by atoms with Crippen molar-refractivity contribution in [2.24, 2.45) is 0 Å². The topological polar surface area (TPSA) is 88.3 Å². The number of aromatic nitrogens is 1. The van der Waals surface area contributed by atoms with Crippen molar-refractivity contribution in [2.75, 3.05) is 31.0 Å². The Morgan fingerprint density at radius 1 is 1.53 bits per heavy atom. The molecule has 8 heteroatoms. The van der Waals surface area contributed by atoms with Crippen LogP contribution in [0.2, 0.25) is 0 Å². The number of sulfone groups is 1. The molecule has 0 aliphatic rings. The van der Waals surface area contributed by atoms with Gasteiger partial charge in [0, 0.05) is 14.1 Å². The van der Waals surface area contributed by atoms with E-state index < -0.39 is 9.84 Å². The predicted molar refractivity (Wildman–Crippen MR) is 61.6 cm³/mol. The molecule has 0 atom stereocenters. The largest absolute Gasteiger partial charge is 0.382 e. The molecule has 0 spiro atoms. The molecular weight excluding hydrogens is 236 g/mol. The second-order valence-electron chi connectivity index (χ2n) is 3.14. The lowest BCUT2D eigenvalue weighted by atomic mass is 10.6. The first kappa shape index (κ1) is 12.2. The summed E-state index contributed by atoms with van der Waals surface area (Å²) in [5.74, 6) is 0.0729. The van der Waals surface area contributed by atoms with Crippen LogP contribution < -0.4 is 11.2 Å². The molecule has 15 heavy (non-hydrogen) atoms. The fraction of sp³-hybridized carbons (Fsp3) is 0.571. The lowest BCUT2D eigenvalue weighted by molar-refractivity contribution is 0.495. The van der Waals surface area contributed by atoms with Crippen LogP contribution in [0.3, 0.4) is 0 Å². The summed E-state index contributed by atoms with van der Waals surface area (Å²) in [6.45, 7) is 1.58. The van der Waals surface area contributed by atoms with Crippen LogP contribution in [-0.4, -0.2) is 37.6 Å². The highest BCUT2D eigenvalue weighted by atomic mass is 32.2. The van der Waals surface area contributed by atoms with E-state index in [0.717, 1.165) is 11.5 Å². The molecule has 1 aromatic rings. The third-order valence-electron chi connectivity index (χ3n) is 1.69. The number of nitrogens with one attached hydrogen (secondary N) is 1. The standard InChI is InChI=1S/C7H14N4O2S2/c1-4-15(12,13)5-6(8)10-14-7(5)9-11(2)3/h9H,4H2,1-3H3,(H2,8,10). The van der Waals surface area contributed by atoms with Crippen LogP contribution in [0.1, 0.15) is 6.92 Å². The van der Waals surface area contributed by atoms with E-state index >= 15 is 0 Å². The summed E-state index contributed by atoms with van der Waals surface area (Å²) in [6.07, 6.45) is 0. The number of rotatable bonds is 4. The second kappa shape index (κ2) is 4.33. The first-order valence-electron chi connectivity index (χ1n) is 4.30. The van der Waals surface area contributed by atoms with Gasteiger partial charge in [0.15, 0.2) is 15.7 Å². The van der Waals surface area contributed by atoms with E-state index in [4.69, 9.17) is 5.73 Å². The number of hydrogen-bond acceptors (Lipinski definition) is 7. The fourth-order valence-corrected chi connectivity index (χ4v) is 3.24. The summed E-state index contributed by atoms with van der Waals surface area (Å²) in [5, 5.41) is 2.10. The maximum Gasteiger partial charge on any atom is 0.184 e. The van der Waals surface area contributed by atoms with E-state index in [2.05, 4.69) is 9.80 Å². The third kappa shape index (κ3) is 2.58. The monoisotopic (exact) mass is 250 g/mol. The highest BCUT2D eigenvalue weighted by Gasteiger charge is 2.23. The molecule has 0 saturated heterocycles. The molecule has 1 heterocycles. The van der Waals surface area contributed by atoms with Gasteiger partial charge in [-0.05, 0) is 11.5 Å². The average Bonchev–Trinajstić information content (AvgIpc) is 2.46. The summed E-state index contributed by atoms with van der Waals surface area (Å²) in [4.78, 5) is 0.101.